The summed E-state index contributed by atoms with van der Waals surface area (Å²) in [6.45, 7) is 2.22. The lowest BCUT2D eigenvalue weighted by Gasteiger charge is -2.20. The molecule has 4 heterocycles. The number of rotatable bonds is 10. The molecule has 10 nitrogen and oxygen atoms in total. The highest BCUT2D eigenvalue weighted by Crippen LogP contribution is 2.38. The van der Waals surface area contributed by atoms with Crippen molar-refractivity contribution in [2.24, 2.45) is 9.98 Å². The third kappa shape index (κ3) is 5.40. The monoisotopic (exact) mass is 560 g/mol. The Morgan fingerprint density at radius 1 is 0.780 bits per heavy atom. The summed E-state index contributed by atoms with van der Waals surface area (Å²) >= 11 is 0. The second-order valence-electron chi connectivity index (χ2n) is 10.9. The molecule has 0 bridgehead atoms. The summed E-state index contributed by atoms with van der Waals surface area (Å²) < 4.78 is 17.6. The Balaban J connectivity index is 1.02. The first-order valence-electron chi connectivity index (χ1n) is 14.5. The average molecular weight is 561 g/mol. The van der Waals surface area contributed by atoms with E-state index in [9.17, 15) is 14.7 Å². The first-order chi connectivity index (χ1) is 20.1. The molecule has 2 atom stereocenters. The van der Waals surface area contributed by atoms with Crippen LogP contribution in [0.25, 0.3) is 0 Å². The van der Waals surface area contributed by atoms with E-state index in [1.54, 1.807) is 31.4 Å². The van der Waals surface area contributed by atoms with E-state index >= 15 is 0 Å². The van der Waals surface area contributed by atoms with Gasteiger partial charge in [-0.1, -0.05) is 0 Å². The highest BCUT2D eigenvalue weighted by Gasteiger charge is 2.33. The van der Waals surface area contributed by atoms with Gasteiger partial charge in [0, 0.05) is 43.2 Å². The lowest BCUT2D eigenvalue weighted by molar-refractivity contribution is 0.0766. The largest absolute Gasteiger partial charge is 0.493 e. The number of nitrogens with zero attached hydrogens (tertiary/aromatic N) is 4. The summed E-state index contributed by atoms with van der Waals surface area (Å²) in [6.07, 6.45) is 10.0. The Morgan fingerprint density at radius 2 is 1.34 bits per heavy atom. The van der Waals surface area contributed by atoms with Crippen LogP contribution in [-0.4, -0.2) is 84.6 Å². The first kappa shape index (κ1) is 27.3. The van der Waals surface area contributed by atoms with Crippen molar-refractivity contribution in [3.63, 3.8) is 0 Å². The Labute approximate surface area is 239 Å². The van der Waals surface area contributed by atoms with E-state index in [1.807, 2.05) is 22.2 Å². The average Bonchev–Trinajstić information content (AvgIpc) is 3.62. The van der Waals surface area contributed by atoms with Crippen LogP contribution >= 0.6 is 0 Å². The Bertz CT molecular complexity index is 1290. The molecule has 4 aliphatic rings. The van der Waals surface area contributed by atoms with Crippen LogP contribution in [0.5, 0.6) is 17.2 Å². The number of aliphatic hydroxyl groups is 1. The summed E-state index contributed by atoms with van der Waals surface area (Å²) in [5.41, 5.74) is 2.85. The lowest BCUT2D eigenvalue weighted by Crippen LogP contribution is -2.35. The van der Waals surface area contributed by atoms with Crippen molar-refractivity contribution in [2.45, 2.75) is 63.6 Å². The predicted octanol–water partition coefficient (Wildman–Crippen LogP) is 4.46. The van der Waals surface area contributed by atoms with Gasteiger partial charge >= 0.3 is 0 Å². The smallest absolute Gasteiger partial charge is 0.256 e. The van der Waals surface area contributed by atoms with E-state index in [2.05, 4.69) is 9.98 Å². The Morgan fingerprint density at radius 3 is 1.93 bits per heavy atom. The van der Waals surface area contributed by atoms with Crippen molar-refractivity contribution in [1.29, 1.82) is 0 Å². The molecule has 2 saturated heterocycles. The van der Waals surface area contributed by atoms with Gasteiger partial charge in [0.15, 0.2) is 11.5 Å². The van der Waals surface area contributed by atoms with Gasteiger partial charge in [-0.25, -0.2) is 0 Å². The van der Waals surface area contributed by atoms with Crippen molar-refractivity contribution < 1.29 is 28.9 Å². The van der Waals surface area contributed by atoms with Crippen LogP contribution in [-0.2, 0) is 6.61 Å². The van der Waals surface area contributed by atoms with E-state index in [1.165, 1.54) is 0 Å². The van der Waals surface area contributed by atoms with Crippen molar-refractivity contribution in [2.75, 3.05) is 33.4 Å². The first-order valence-corrected chi connectivity index (χ1v) is 14.5. The highest BCUT2D eigenvalue weighted by atomic mass is 16.5. The molecule has 216 valence electrons. The van der Waals surface area contributed by atoms with Gasteiger partial charge in [-0.3, -0.25) is 19.6 Å². The van der Waals surface area contributed by atoms with E-state index in [0.29, 0.717) is 58.5 Å². The van der Waals surface area contributed by atoms with Crippen LogP contribution in [0, 0.1) is 0 Å². The Hall–Kier alpha value is -3.92. The van der Waals surface area contributed by atoms with Crippen LogP contribution < -0.4 is 14.2 Å². The minimum Gasteiger partial charge on any atom is -0.493 e. The zero-order valence-electron chi connectivity index (χ0n) is 23.4. The molecule has 0 unspecified atom stereocenters. The normalized spacial score (nSPS) is 20.7. The Kier molecular flexibility index (Phi) is 7.91. The van der Waals surface area contributed by atoms with Crippen molar-refractivity contribution in [1.82, 2.24) is 9.80 Å². The zero-order chi connectivity index (χ0) is 28.3. The summed E-state index contributed by atoms with van der Waals surface area (Å²) in [6, 6.07) is 7.11. The van der Waals surface area contributed by atoms with E-state index in [-0.39, 0.29) is 30.5 Å². The molecule has 2 aromatic rings. The maximum Gasteiger partial charge on any atom is 0.256 e. The molecule has 0 spiro atoms. The maximum atomic E-state index is 13.0. The van der Waals surface area contributed by atoms with Crippen LogP contribution in [0.2, 0.25) is 0 Å². The van der Waals surface area contributed by atoms with Gasteiger partial charge in [0.05, 0.1) is 61.5 Å². The molecule has 2 aromatic carbocycles. The minimum atomic E-state index is -0.214. The number of benzene rings is 2. The number of unbranched alkanes of at least 4 members (excludes halogenated alkanes) is 2. The summed E-state index contributed by atoms with van der Waals surface area (Å²) in [5, 5.41) is 9.93. The van der Waals surface area contributed by atoms with Crippen LogP contribution in [0.1, 0.15) is 71.2 Å². The van der Waals surface area contributed by atoms with Crippen LogP contribution in [0.15, 0.2) is 34.3 Å². The molecule has 4 aliphatic heterocycles. The fourth-order valence-electron chi connectivity index (χ4n) is 6.04. The molecular weight excluding hydrogens is 524 g/mol. The standard InChI is InChI=1S/C31H36N4O6/c1-39-28-14-24-26(33-18-22-8-6-10-35(22)31(24)38)16-29(28)41-12-4-2-3-11-40-27-15-25-23(13-20(27)19-36)30(37)34-9-5-7-21(34)17-32-25/h13-18,21-22,36H,2-12,19H2,1H3/t21-,22-/m0/s1. The fraction of sp³-hybridized carbons (Fsp3) is 0.484. The molecule has 6 rings (SSSR count). The second kappa shape index (κ2) is 11.9. The van der Waals surface area contributed by atoms with Crippen LogP contribution in [0.3, 0.4) is 0 Å². The van der Waals surface area contributed by atoms with Gasteiger partial charge < -0.3 is 29.1 Å². The third-order valence-electron chi connectivity index (χ3n) is 8.29. The van der Waals surface area contributed by atoms with Gasteiger partial charge in [0.1, 0.15) is 5.75 Å². The number of aliphatic hydroxyl groups excluding tert-OH is 1. The number of carbonyl (C=O) groups excluding carboxylic acids is 2. The minimum absolute atomic E-state index is 0.0116. The van der Waals surface area contributed by atoms with Gasteiger partial charge in [0.2, 0.25) is 0 Å². The van der Waals surface area contributed by atoms with E-state index < -0.39 is 0 Å². The summed E-state index contributed by atoms with van der Waals surface area (Å²) in [7, 11) is 1.57. The van der Waals surface area contributed by atoms with E-state index in [0.717, 1.165) is 58.0 Å². The van der Waals surface area contributed by atoms with Gasteiger partial charge in [-0.05, 0) is 57.1 Å². The quantitative estimate of drug-likeness (QED) is 0.430. The third-order valence-corrected chi connectivity index (χ3v) is 8.29. The van der Waals surface area contributed by atoms with Gasteiger partial charge in [-0.15, -0.1) is 0 Å². The van der Waals surface area contributed by atoms with Gasteiger partial charge in [-0.2, -0.15) is 0 Å². The number of carbonyl (C=O) groups is 2. The molecule has 41 heavy (non-hydrogen) atoms. The van der Waals surface area contributed by atoms with E-state index in [4.69, 9.17) is 14.2 Å². The lowest BCUT2D eigenvalue weighted by atomic mass is 10.1. The number of ether oxygens (including phenoxy) is 3. The molecule has 2 fully saturated rings. The summed E-state index contributed by atoms with van der Waals surface area (Å²) in [5.74, 6) is 1.60. The topological polar surface area (TPSA) is 113 Å². The molecular formula is C31H36N4O6. The van der Waals surface area contributed by atoms with Gasteiger partial charge in [0.25, 0.3) is 11.8 Å². The van der Waals surface area contributed by atoms with Crippen molar-refractivity contribution in [3.05, 3.63) is 41.0 Å². The molecule has 0 radical (unpaired) electrons. The highest BCUT2D eigenvalue weighted by molar-refractivity contribution is 6.04. The zero-order valence-corrected chi connectivity index (χ0v) is 23.4. The molecule has 1 N–H and O–H groups in total. The number of hydrogen-bond donors (Lipinski definition) is 1. The molecule has 2 amide bonds. The number of fused-ring (bicyclic) bond motifs is 4. The number of methoxy groups -OCH3 is 1. The predicted molar refractivity (Wildman–Crippen MR) is 155 cm³/mol. The van der Waals surface area contributed by atoms with Crippen LogP contribution in [0.4, 0.5) is 11.4 Å². The summed E-state index contributed by atoms with van der Waals surface area (Å²) in [4.78, 5) is 39.0. The SMILES string of the molecule is COc1cc2c(cc1OCCCCCOc1cc3c(cc1CO)C(=O)N1CCC[C@H]1C=N3)N=C[C@@H]1CCCN1C2=O. The second-order valence-corrected chi connectivity index (χ2v) is 10.9. The number of amides is 2. The number of hydrogen-bond acceptors (Lipinski definition) is 8. The molecule has 0 aromatic heterocycles. The molecule has 0 aliphatic carbocycles. The molecule has 10 heteroatoms. The fourth-order valence-corrected chi connectivity index (χ4v) is 6.04. The molecule has 0 saturated carbocycles. The maximum absolute atomic E-state index is 13.0. The van der Waals surface area contributed by atoms with Crippen molar-refractivity contribution in [3.8, 4) is 17.2 Å². The van der Waals surface area contributed by atoms with Crippen molar-refractivity contribution >= 4 is 35.6 Å². The number of aliphatic imine (C=N–C) groups is 2.